The topological polar surface area (TPSA) is 35.2 Å². The van der Waals surface area contributed by atoms with Crippen LogP contribution in [-0.4, -0.2) is 12.1 Å². The van der Waals surface area contributed by atoms with Gasteiger partial charge in [0.2, 0.25) is 0 Å². The average molecular weight is 249 g/mol. The molecule has 2 N–H and O–H groups in total. The molecule has 18 heavy (non-hydrogen) atoms. The van der Waals surface area contributed by atoms with Crippen molar-refractivity contribution >= 4 is 0 Å². The zero-order valence-corrected chi connectivity index (χ0v) is 12.6. The molecule has 0 spiro atoms. The summed E-state index contributed by atoms with van der Waals surface area (Å²) in [5.41, 5.74) is 8.50. The Hall–Kier alpha value is -1.02. The van der Waals surface area contributed by atoms with Crippen molar-refractivity contribution < 1.29 is 4.74 Å². The van der Waals surface area contributed by atoms with Crippen LogP contribution in [0.2, 0.25) is 0 Å². The number of ether oxygens (including phenoxy) is 1. The molecular weight excluding hydrogens is 222 g/mol. The first-order valence-electron chi connectivity index (χ1n) is 6.73. The van der Waals surface area contributed by atoms with Crippen LogP contribution < -0.4 is 10.5 Å². The van der Waals surface area contributed by atoms with Crippen molar-refractivity contribution in [3.63, 3.8) is 0 Å². The maximum Gasteiger partial charge on any atom is 0.122 e. The van der Waals surface area contributed by atoms with Crippen LogP contribution in [0.1, 0.15) is 52.2 Å². The molecule has 0 aromatic heterocycles. The monoisotopic (exact) mass is 249 g/mol. The summed E-state index contributed by atoms with van der Waals surface area (Å²) in [6.45, 7) is 12.8. The zero-order valence-electron chi connectivity index (χ0n) is 12.6. The molecule has 2 heteroatoms. The van der Waals surface area contributed by atoms with Gasteiger partial charge in [0.1, 0.15) is 5.75 Å². The van der Waals surface area contributed by atoms with Crippen LogP contribution in [-0.2, 0) is 5.41 Å². The molecule has 0 amide bonds. The van der Waals surface area contributed by atoms with Gasteiger partial charge in [-0.15, -0.1) is 0 Å². The Labute approximate surface area is 112 Å². The third-order valence-corrected chi connectivity index (χ3v) is 3.07. The Balaban J connectivity index is 2.80. The second kappa shape index (κ2) is 5.75. The van der Waals surface area contributed by atoms with Crippen molar-refractivity contribution in [3.8, 4) is 5.75 Å². The Morgan fingerprint density at radius 2 is 1.83 bits per heavy atom. The SMILES string of the molecule is Cc1cc(C(C)(C)C)ccc1OC(C)CC(C)N. The molecule has 102 valence electrons. The van der Waals surface area contributed by atoms with E-state index in [4.69, 9.17) is 10.5 Å². The van der Waals surface area contributed by atoms with E-state index in [1.165, 1.54) is 11.1 Å². The summed E-state index contributed by atoms with van der Waals surface area (Å²) in [7, 11) is 0. The Bertz CT molecular complexity index is 391. The number of aryl methyl sites for hydroxylation is 1. The summed E-state index contributed by atoms with van der Waals surface area (Å²) in [6, 6.07) is 6.62. The van der Waals surface area contributed by atoms with Crippen LogP contribution in [0.4, 0.5) is 0 Å². The van der Waals surface area contributed by atoms with Crippen molar-refractivity contribution in [2.24, 2.45) is 5.73 Å². The molecule has 1 rings (SSSR count). The van der Waals surface area contributed by atoms with Gasteiger partial charge >= 0.3 is 0 Å². The molecule has 2 atom stereocenters. The van der Waals surface area contributed by atoms with Gasteiger partial charge in [-0.1, -0.05) is 32.9 Å². The minimum atomic E-state index is 0.157. The van der Waals surface area contributed by atoms with Crippen LogP contribution in [0, 0.1) is 6.92 Å². The lowest BCUT2D eigenvalue weighted by Gasteiger charge is -2.22. The van der Waals surface area contributed by atoms with E-state index in [9.17, 15) is 0 Å². The van der Waals surface area contributed by atoms with Crippen LogP contribution in [0.3, 0.4) is 0 Å². The molecule has 1 aromatic carbocycles. The Kier molecular flexibility index (Phi) is 4.80. The summed E-state index contributed by atoms with van der Waals surface area (Å²) < 4.78 is 5.94. The molecule has 0 saturated heterocycles. The number of hydrogen-bond acceptors (Lipinski definition) is 2. The van der Waals surface area contributed by atoms with Gasteiger partial charge in [-0.05, 0) is 49.8 Å². The number of nitrogens with two attached hydrogens (primary N) is 1. The molecular formula is C16H27NO. The van der Waals surface area contributed by atoms with Crippen molar-refractivity contribution in [2.45, 2.75) is 65.5 Å². The van der Waals surface area contributed by atoms with E-state index in [1.807, 2.05) is 6.92 Å². The van der Waals surface area contributed by atoms with Crippen molar-refractivity contribution in [1.29, 1.82) is 0 Å². The smallest absolute Gasteiger partial charge is 0.122 e. The maximum atomic E-state index is 5.94. The summed E-state index contributed by atoms with van der Waals surface area (Å²) >= 11 is 0. The lowest BCUT2D eigenvalue weighted by atomic mass is 9.86. The summed E-state index contributed by atoms with van der Waals surface area (Å²) in [5, 5.41) is 0. The molecule has 0 saturated carbocycles. The highest BCUT2D eigenvalue weighted by Gasteiger charge is 2.15. The van der Waals surface area contributed by atoms with Gasteiger partial charge in [0.05, 0.1) is 6.10 Å². The number of rotatable bonds is 4. The molecule has 0 radical (unpaired) electrons. The summed E-state index contributed by atoms with van der Waals surface area (Å²) in [6.07, 6.45) is 1.03. The first kappa shape index (κ1) is 15.0. The minimum Gasteiger partial charge on any atom is -0.490 e. The third kappa shape index (κ3) is 4.34. The molecule has 0 bridgehead atoms. The predicted molar refractivity (Wildman–Crippen MR) is 78.2 cm³/mol. The molecule has 0 heterocycles. The quantitative estimate of drug-likeness (QED) is 0.881. The van der Waals surface area contributed by atoms with Crippen molar-refractivity contribution in [2.75, 3.05) is 0 Å². The normalized spacial score (nSPS) is 15.3. The second-order valence-corrected chi connectivity index (χ2v) is 6.37. The third-order valence-electron chi connectivity index (χ3n) is 3.07. The van der Waals surface area contributed by atoms with Crippen molar-refractivity contribution in [1.82, 2.24) is 0 Å². The number of benzene rings is 1. The number of hydrogen-bond donors (Lipinski definition) is 1. The maximum absolute atomic E-state index is 5.94. The molecule has 0 aliphatic carbocycles. The van der Waals surface area contributed by atoms with Gasteiger partial charge in [-0.25, -0.2) is 0 Å². The van der Waals surface area contributed by atoms with E-state index in [0.717, 1.165) is 12.2 Å². The minimum absolute atomic E-state index is 0.157. The molecule has 0 fully saturated rings. The lowest BCUT2D eigenvalue weighted by Crippen LogP contribution is -2.25. The highest BCUT2D eigenvalue weighted by atomic mass is 16.5. The van der Waals surface area contributed by atoms with Gasteiger partial charge in [0.25, 0.3) is 0 Å². The summed E-state index contributed by atoms with van der Waals surface area (Å²) in [4.78, 5) is 0. The van der Waals surface area contributed by atoms with Crippen LogP contribution in [0.15, 0.2) is 18.2 Å². The second-order valence-electron chi connectivity index (χ2n) is 6.37. The van der Waals surface area contributed by atoms with Crippen LogP contribution in [0.5, 0.6) is 5.75 Å². The highest BCUT2D eigenvalue weighted by Crippen LogP contribution is 2.28. The van der Waals surface area contributed by atoms with E-state index in [1.54, 1.807) is 0 Å². The standard InChI is InChI=1S/C16H27NO/c1-11-9-14(16(4,5)6)7-8-15(11)18-13(3)10-12(2)17/h7-9,12-13H,10,17H2,1-6H3. The lowest BCUT2D eigenvalue weighted by molar-refractivity contribution is 0.201. The van der Waals surface area contributed by atoms with Gasteiger partial charge in [0, 0.05) is 6.04 Å². The largest absolute Gasteiger partial charge is 0.490 e. The molecule has 0 aliphatic rings. The van der Waals surface area contributed by atoms with Crippen LogP contribution >= 0.6 is 0 Å². The van der Waals surface area contributed by atoms with E-state index in [2.05, 4.69) is 52.8 Å². The fourth-order valence-electron chi connectivity index (χ4n) is 2.04. The molecule has 2 unspecified atom stereocenters. The summed E-state index contributed by atoms with van der Waals surface area (Å²) in [5.74, 6) is 0.969. The van der Waals surface area contributed by atoms with E-state index in [-0.39, 0.29) is 17.6 Å². The first-order chi connectivity index (χ1) is 8.20. The fourth-order valence-corrected chi connectivity index (χ4v) is 2.04. The Morgan fingerprint density at radius 3 is 2.28 bits per heavy atom. The van der Waals surface area contributed by atoms with Gasteiger partial charge in [0.15, 0.2) is 0 Å². The van der Waals surface area contributed by atoms with Gasteiger partial charge in [-0.3, -0.25) is 0 Å². The van der Waals surface area contributed by atoms with E-state index >= 15 is 0 Å². The average Bonchev–Trinajstić information content (AvgIpc) is 2.18. The highest BCUT2D eigenvalue weighted by molar-refractivity contribution is 5.38. The molecule has 0 aliphatic heterocycles. The zero-order chi connectivity index (χ0) is 13.9. The fraction of sp³-hybridized carbons (Fsp3) is 0.625. The Morgan fingerprint density at radius 1 is 1.22 bits per heavy atom. The predicted octanol–water partition coefficient (Wildman–Crippen LogP) is 3.80. The first-order valence-corrected chi connectivity index (χ1v) is 6.73. The molecule has 1 aromatic rings. The van der Waals surface area contributed by atoms with Gasteiger partial charge in [-0.2, -0.15) is 0 Å². The van der Waals surface area contributed by atoms with Crippen molar-refractivity contribution in [3.05, 3.63) is 29.3 Å². The molecule has 2 nitrogen and oxygen atoms in total. The van der Waals surface area contributed by atoms with Gasteiger partial charge < -0.3 is 10.5 Å². The van der Waals surface area contributed by atoms with Crippen LogP contribution in [0.25, 0.3) is 0 Å². The van der Waals surface area contributed by atoms with E-state index in [0.29, 0.717) is 0 Å². The van der Waals surface area contributed by atoms with E-state index < -0.39 is 0 Å².